The van der Waals surface area contributed by atoms with Crippen LogP contribution in [0.1, 0.15) is 34.6 Å². The minimum Gasteiger partial charge on any atom is -0.403 e. The largest absolute Gasteiger partial charge is 0.463 e. The summed E-state index contributed by atoms with van der Waals surface area (Å²) in [4.78, 5) is 0. The van der Waals surface area contributed by atoms with Crippen molar-refractivity contribution < 1.29 is 9.31 Å². The average Bonchev–Trinajstić information content (AvgIpc) is 2.30. The molecule has 1 heterocycles. The molecule has 5 heteroatoms. The highest BCUT2D eigenvalue weighted by atomic mass is 16.7. The van der Waals surface area contributed by atoms with Gasteiger partial charge in [-0.05, 0) is 34.6 Å². The molecule has 0 bridgehead atoms. The van der Waals surface area contributed by atoms with E-state index in [1.165, 1.54) is 0 Å². The van der Waals surface area contributed by atoms with E-state index in [9.17, 15) is 0 Å². The Morgan fingerprint density at radius 3 is 2.20 bits per heavy atom. The van der Waals surface area contributed by atoms with Crippen LogP contribution in [0.3, 0.4) is 0 Å². The van der Waals surface area contributed by atoms with Crippen LogP contribution in [0.4, 0.5) is 0 Å². The molecule has 0 aliphatic carbocycles. The van der Waals surface area contributed by atoms with E-state index in [1.807, 2.05) is 6.92 Å². The summed E-state index contributed by atoms with van der Waals surface area (Å²) in [6, 6.07) is 0. The van der Waals surface area contributed by atoms with E-state index in [0.717, 1.165) is 6.54 Å². The molecule has 0 radical (unpaired) electrons. The van der Waals surface area contributed by atoms with Crippen LogP contribution in [0.25, 0.3) is 0 Å². The zero-order valence-corrected chi connectivity index (χ0v) is 10.3. The van der Waals surface area contributed by atoms with Gasteiger partial charge in [0.05, 0.1) is 11.2 Å². The predicted octanol–water partition coefficient (Wildman–Crippen LogP) is 1.67. The van der Waals surface area contributed by atoms with E-state index in [2.05, 4.69) is 38.2 Å². The molecule has 0 atom stereocenters. The average molecular weight is 212 g/mol. The fraction of sp³-hybridized carbons (Fsp3) is 0.900. The van der Waals surface area contributed by atoms with Crippen molar-refractivity contribution in [2.24, 2.45) is 5.10 Å². The Morgan fingerprint density at radius 1 is 1.20 bits per heavy atom. The molecule has 86 valence electrons. The third-order valence-corrected chi connectivity index (χ3v) is 2.94. The molecule has 0 aromatic heterocycles. The Morgan fingerprint density at radius 2 is 1.73 bits per heavy atom. The van der Waals surface area contributed by atoms with Crippen LogP contribution in [0.5, 0.6) is 0 Å². The lowest BCUT2D eigenvalue weighted by Gasteiger charge is -2.32. The van der Waals surface area contributed by atoms with Crippen molar-refractivity contribution in [3.8, 4) is 0 Å². The Kier molecular flexibility index (Phi) is 3.79. The standard InChI is InChI=1S/C10H21BN2O2/c1-6-12-13-8-7-11-14-9(2,3)10(4,5)15-11/h8,12H,6-7H2,1-5H3/b13-8-. The molecule has 0 aromatic rings. The summed E-state index contributed by atoms with van der Waals surface area (Å²) in [6.07, 6.45) is 2.48. The molecule has 0 aromatic carbocycles. The first-order valence-electron chi connectivity index (χ1n) is 5.49. The van der Waals surface area contributed by atoms with Crippen LogP contribution < -0.4 is 5.43 Å². The summed E-state index contributed by atoms with van der Waals surface area (Å²) in [5.74, 6) is 0. The Balaban J connectivity index is 2.42. The summed E-state index contributed by atoms with van der Waals surface area (Å²) >= 11 is 0. The van der Waals surface area contributed by atoms with E-state index >= 15 is 0 Å². The first kappa shape index (κ1) is 12.5. The SMILES string of the molecule is CCN/N=C\CB1OC(C)(C)C(C)(C)O1. The fourth-order valence-electron chi connectivity index (χ4n) is 1.36. The monoisotopic (exact) mass is 212 g/mol. The summed E-state index contributed by atoms with van der Waals surface area (Å²) in [7, 11) is -0.183. The lowest BCUT2D eigenvalue weighted by Crippen LogP contribution is -2.41. The third kappa shape index (κ3) is 2.95. The second kappa shape index (κ2) is 4.53. The number of hydrogen-bond donors (Lipinski definition) is 1. The minimum atomic E-state index is -0.246. The van der Waals surface area contributed by atoms with Crippen molar-refractivity contribution in [2.75, 3.05) is 6.54 Å². The lowest BCUT2D eigenvalue weighted by molar-refractivity contribution is 0.00578. The normalized spacial score (nSPS) is 23.7. The van der Waals surface area contributed by atoms with E-state index in [4.69, 9.17) is 9.31 Å². The number of nitrogens with one attached hydrogen (secondary N) is 1. The number of nitrogens with zero attached hydrogens (tertiary/aromatic N) is 1. The highest BCUT2D eigenvalue weighted by molar-refractivity contribution is 6.49. The van der Waals surface area contributed by atoms with Crippen molar-refractivity contribution >= 4 is 13.3 Å². The van der Waals surface area contributed by atoms with E-state index in [1.54, 1.807) is 6.21 Å². The highest BCUT2D eigenvalue weighted by Gasteiger charge is 2.50. The highest BCUT2D eigenvalue weighted by Crippen LogP contribution is 2.37. The Labute approximate surface area is 92.6 Å². The molecular formula is C10H21BN2O2. The van der Waals surface area contributed by atoms with Gasteiger partial charge in [-0.3, -0.25) is 0 Å². The number of hydrogen-bond acceptors (Lipinski definition) is 4. The summed E-state index contributed by atoms with van der Waals surface area (Å²) in [6.45, 7) is 11.0. The molecule has 1 N–H and O–H groups in total. The van der Waals surface area contributed by atoms with Crippen molar-refractivity contribution in [3.63, 3.8) is 0 Å². The zero-order chi connectivity index (χ0) is 11.5. The van der Waals surface area contributed by atoms with Gasteiger partial charge in [-0.1, -0.05) is 0 Å². The molecule has 1 aliphatic rings. The van der Waals surface area contributed by atoms with Gasteiger partial charge in [0, 0.05) is 19.1 Å². The molecule has 0 saturated carbocycles. The smallest absolute Gasteiger partial charge is 0.403 e. The topological polar surface area (TPSA) is 42.9 Å². The zero-order valence-electron chi connectivity index (χ0n) is 10.3. The molecule has 0 amide bonds. The van der Waals surface area contributed by atoms with Gasteiger partial charge in [0.2, 0.25) is 0 Å². The van der Waals surface area contributed by atoms with Gasteiger partial charge in [-0.15, -0.1) is 0 Å². The molecule has 0 unspecified atom stereocenters. The van der Waals surface area contributed by atoms with Crippen LogP contribution in [-0.2, 0) is 9.31 Å². The van der Waals surface area contributed by atoms with Crippen molar-refractivity contribution in [1.29, 1.82) is 0 Å². The van der Waals surface area contributed by atoms with Gasteiger partial charge < -0.3 is 14.7 Å². The Hall–Kier alpha value is -0.545. The minimum absolute atomic E-state index is 0.183. The van der Waals surface area contributed by atoms with Crippen molar-refractivity contribution in [2.45, 2.75) is 52.1 Å². The van der Waals surface area contributed by atoms with Crippen LogP contribution in [0, 0.1) is 0 Å². The molecule has 1 fully saturated rings. The second-order valence-corrected chi connectivity index (χ2v) is 4.74. The van der Waals surface area contributed by atoms with Gasteiger partial charge in [0.1, 0.15) is 0 Å². The van der Waals surface area contributed by atoms with Crippen LogP contribution in [0.2, 0.25) is 6.32 Å². The molecule has 15 heavy (non-hydrogen) atoms. The molecule has 1 saturated heterocycles. The maximum atomic E-state index is 5.80. The van der Waals surface area contributed by atoms with E-state index < -0.39 is 0 Å². The Bertz CT molecular complexity index is 226. The fourth-order valence-corrected chi connectivity index (χ4v) is 1.36. The second-order valence-electron chi connectivity index (χ2n) is 4.74. The van der Waals surface area contributed by atoms with Crippen LogP contribution >= 0.6 is 0 Å². The van der Waals surface area contributed by atoms with Crippen molar-refractivity contribution in [1.82, 2.24) is 5.43 Å². The quantitative estimate of drug-likeness (QED) is 0.438. The summed E-state index contributed by atoms with van der Waals surface area (Å²) in [5.41, 5.74) is 2.38. The summed E-state index contributed by atoms with van der Waals surface area (Å²) in [5, 5.41) is 4.01. The van der Waals surface area contributed by atoms with Gasteiger partial charge in [0.15, 0.2) is 0 Å². The molecule has 1 rings (SSSR count). The molecule has 4 nitrogen and oxygen atoms in total. The van der Waals surface area contributed by atoms with E-state index in [-0.39, 0.29) is 18.3 Å². The predicted molar refractivity (Wildman–Crippen MR) is 63.1 cm³/mol. The molecule has 1 aliphatic heterocycles. The van der Waals surface area contributed by atoms with Crippen LogP contribution in [0.15, 0.2) is 5.10 Å². The van der Waals surface area contributed by atoms with Gasteiger partial charge in [-0.2, -0.15) is 5.10 Å². The maximum absolute atomic E-state index is 5.80. The van der Waals surface area contributed by atoms with Crippen molar-refractivity contribution in [3.05, 3.63) is 0 Å². The maximum Gasteiger partial charge on any atom is 0.463 e. The number of rotatable bonds is 4. The first-order chi connectivity index (χ1) is 6.89. The molecule has 0 spiro atoms. The van der Waals surface area contributed by atoms with Gasteiger partial charge in [0.25, 0.3) is 0 Å². The van der Waals surface area contributed by atoms with Gasteiger partial charge in [-0.25, -0.2) is 0 Å². The van der Waals surface area contributed by atoms with E-state index in [0.29, 0.717) is 6.32 Å². The molecular weight excluding hydrogens is 191 g/mol. The summed E-state index contributed by atoms with van der Waals surface area (Å²) < 4.78 is 11.6. The first-order valence-corrected chi connectivity index (χ1v) is 5.49. The third-order valence-electron chi connectivity index (χ3n) is 2.94. The number of hydrazone groups is 1. The lowest BCUT2D eigenvalue weighted by atomic mass is 9.86. The van der Waals surface area contributed by atoms with Gasteiger partial charge >= 0.3 is 7.12 Å². The van der Waals surface area contributed by atoms with Crippen LogP contribution in [-0.4, -0.2) is 31.1 Å².